The molecule has 0 radical (unpaired) electrons. The van der Waals surface area contributed by atoms with Crippen LogP contribution in [0, 0.1) is 0 Å². The van der Waals surface area contributed by atoms with Crippen molar-refractivity contribution >= 4 is 43.6 Å². The van der Waals surface area contributed by atoms with Crippen molar-refractivity contribution in [2.24, 2.45) is 0 Å². The smallest absolute Gasteiger partial charge is 0.164 e. The maximum atomic E-state index is 5.30. The third-order valence-corrected chi connectivity index (χ3v) is 12.0. The van der Waals surface area contributed by atoms with Gasteiger partial charge < -0.3 is 9.13 Å². The van der Waals surface area contributed by atoms with E-state index in [9.17, 15) is 0 Å². The third-order valence-electron chi connectivity index (χ3n) is 12.0. The number of hydrogen-bond acceptors (Lipinski definition) is 3. The molecule has 0 aliphatic carbocycles. The van der Waals surface area contributed by atoms with Crippen LogP contribution in [0.5, 0.6) is 0 Å². The Morgan fingerprint density at radius 3 is 1.06 bits per heavy atom. The summed E-state index contributed by atoms with van der Waals surface area (Å²) in [5.41, 5.74) is 13.8. The van der Waals surface area contributed by atoms with Crippen LogP contribution in [-0.4, -0.2) is 24.1 Å². The molecule has 0 amide bonds. The lowest BCUT2D eigenvalue weighted by molar-refractivity contribution is 1.07. The fraction of sp³-hybridized carbons (Fsp3) is 0. The van der Waals surface area contributed by atoms with Crippen LogP contribution in [0.3, 0.4) is 0 Å². The van der Waals surface area contributed by atoms with E-state index in [-0.39, 0.29) is 0 Å². The van der Waals surface area contributed by atoms with E-state index in [0.29, 0.717) is 17.5 Å². The van der Waals surface area contributed by atoms with Crippen molar-refractivity contribution in [3.8, 4) is 67.8 Å². The molecule has 5 nitrogen and oxygen atoms in total. The van der Waals surface area contributed by atoms with Gasteiger partial charge in [-0.3, -0.25) is 0 Å². The highest BCUT2D eigenvalue weighted by Crippen LogP contribution is 2.44. The first kappa shape index (κ1) is 35.5. The van der Waals surface area contributed by atoms with Gasteiger partial charge in [0.1, 0.15) is 0 Å². The van der Waals surface area contributed by atoms with Crippen molar-refractivity contribution in [2.75, 3.05) is 0 Å². The van der Waals surface area contributed by atoms with Gasteiger partial charge in [-0.1, -0.05) is 182 Å². The van der Waals surface area contributed by atoms with Gasteiger partial charge in [0.05, 0.1) is 33.4 Å². The van der Waals surface area contributed by atoms with Crippen LogP contribution in [0.2, 0.25) is 0 Å². The first-order chi connectivity index (χ1) is 30.8. The molecular formula is C57H37N5. The lowest BCUT2D eigenvalue weighted by Crippen LogP contribution is -2.06. The van der Waals surface area contributed by atoms with Gasteiger partial charge in [-0.2, -0.15) is 0 Å². The summed E-state index contributed by atoms with van der Waals surface area (Å²) >= 11 is 0. The number of benzene rings is 9. The van der Waals surface area contributed by atoms with Crippen LogP contribution < -0.4 is 0 Å². The van der Waals surface area contributed by atoms with Gasteiger partial charge in [-0.05, 0) is 59.2 Å². The molecule has 9 aromatic carbocycles. The lowest BCUT2D eigenvalue weighted by Gasteiger charge is -2.22. The van der Waals surface area contributed by atoms with E-state index >= 15 is 0 Å². The maximum Gasteiger partial charge on any atom is 0.164 e. The van der Waals surface area contributed by atoms with Crippen molar-refractivity contribution in [3.63, 3.8) is 0 Å². The normalized spacial score (nSPS) is 11.5. The van der Waals surface area contributed by atoms with Gasteiger partial charge in [-0.25, -0.2) is 15.0 Å². The van der Waals surface area contributed by atoms with Crippen molar-refractivity contribution < 1.29 is 0 Å². The fourth-order valence-electron chi connectivity index (χ4n) is 9.16. The molecule has 0 bridgehead atoms. The Labute approximate surface area is 358 Å². The van der Waals surface area contributed by atoms with Crippen LogP contribution in [0.15, 0.2) is 224 Å². The average molecular weight is 792 g/mol. The zero-order chi connectivity index (χ0) is 41.0. The minimum Gasteiger partial charge on any atom is -0.309 e. The summed E-state index contributed by atoms with van der Waals surface area (Å²) in [5, 5.41) is 4.75. The summed E-state index contributed by atoms with van der Waals surface area (Å²) < 4.78 is 4.87. The van der Waals surface area contributed by atoms with Crippen LogP contribution in [-0.2, 0) is 0 Å². The Bertz CT molecular complexity index is 3500. The molecule has 0 aliphatic heterocycles. The molecule has 3 aromatic heterocycles. The summed E-state index contributed by atoms with van der Waals surface area (Å²) in [6.07, 6.45) is 0. The Kier molecular flexibility index (Phi) is 8.42. The molecule has 3 heterocycles. The van der Waals surface area contributed by atoms with Gasteiger partial charge >= 0.3 is 0 Å². The van der Waals surface area contributed by atoms with E-state index in [1.165, 1.54) is 32.7 Å². The van der Waals surface area contributed by atoms with Crippen LogP contribution in [0.25, 0.3) is 111 Å². The molecule has 0 fully saturated rings. The predicted molar refractivity (Wildman–Crippen MR) is 256 cm³/mol. The van der Waals surface area contributed by atoms with Crippen molar-refractivity contribution in [3.05, 3.63) is 224 Å². The highest BCUT2D eigenvalue weighted by atomic mass is 15.1. The molecule has 0 spiro atoms. The Morgan fingerprint density at radius 2 is 0.597 bits per heavy atom. The molecule has 0 unspecified atom stereocenters. The minimum absolute atomic E-state index is 0.590. The molecular weight excluding hydrogens is 755 g/mol. The number of rotatable bonds is 7. The van der Waals surface area contributed by atoms with Gasteiger partial charge in [0.25, 0.3) is 0 Å². The second-order valence-electron chi connectivity index (χ2n) is 15.6. The van der Waals surface area contributed by atoms with Gasteiger partial charge in [0.15, 0.2) is 17.5 Å². The fourth-order valence-corrected chi connectivity index (χ4v) is 9.16. The zero-order valence-electron chi connectivity index (χ0n) is 33.6. The molecule has 5 heteroatoms. The van der Waals surface area contributed by atoms with E-state index in [1.807, 2.05) is 36.4 Å². The maximum absolute atomic E-state index is 5.30. The van der Waals surface area contributed by atoms with Crippen molar-refractivity contribution in [1.82, 2.24) is 24.1 Å². The van der Waals surface area contributed by atoms with Gasteiger partial charge in [-0.15, -0.1) is 0 Å². The largest absolute Gasteiger partial charge is 0.309 e. The molecule has 0 atom stereocenters. The molecule has 290 valence electrons. The minimum atomic E-state index is 0.590. The summed E-state index contributed by atoms with van der Waals surface area (Å²) in [4.78, 5) is 15.7. The Morgan fingerprint density at radius 1 is 0.242 bits per heavy atom. The molecule has 0 aliphatic rings. The average Bonchev–Trinajstić information content (AvgIpc) is 3.87. The van der Waals surface area contributed by atoms with Crippen LogP contribution >= 0.6 is 0 Å². The molecule has 0 N–H and O–H groups in total. The van der Waals surface area contributed by atoms with Crippen molar-refractivity contribution in [2.45, 2.75) is 0 Å². The Hall–Kier alpha value is -8.41. The van der Waals surface area contributed by atoms with E-state index in [0.717, 1.165) is 61.3 Å². The standard InChI is InChI=1S/C57H37N5/c1-5-19-38(20-6-1)42-33-34-51-47(35-42)46-29-15-18-32-50(46)62(51)53-37-43(57-59-55(40-23-9-3-10-24-40)58-56(60-57)41-25-11-4-12-26-41)36-52(54(53)39-21-7-2-8-22-39)61-48-30-16-13-27-44(48)45-28-14-17-31-49(45)61/h1-37H. The molecule has 0 saturated carbocycles. The Balaban J connectivity index is 1.24. The summed E-state index contributed by atoms with van der Waals surface area (Å²) in [6, 6.07) is 79.4. The first-order valence-corrected chi connectivity index (χ1v) is 21.0. The van der Waals surface area contributed by atoms with E-state index in [1.54, 1.807) is 0 Å². The number of nitrogens with zero attached hydrogens (tertiary/aromatic N) is 5. The highest BCUT2D eigenvalue weighted by molar-refractivity contribution is 6.13. The van der Waals surface area contributed by atoms with Gasteiger partial charge in [0, 0.05) is 43.8 Å². The summed E-state index contributed by atoms with van der Waals surface area (Å²) in [6.45, 7) is 0. The topological polar surface area (TPSA) is 48.5 Å². The molecule has 12 aromatic rings. The second kappa shape index (κ2) is 14.7. The monoisotopic (exact) mass is 791 g/mol. The van der Waals surface area contributed by atoms with Crippen LogP contribution in [0.4, 0.5) is 0 Å². The predicted octanol–water partition coefficient (Wildman–Crippen LogP) is 14.4. The zero-order valence-corrected chi connectivity index (χ0v) is 33.6. The van der Waals surface area contributed by atoms with E-state index < -0.39 is 0 Å². The number of aromatic nitrogens is 5. The molecule has 12 rings (SSSR count). The van der Waals surface area contributed by atoms with Crippen LogP contribution in [0.1, 0.15) is 0 Å². The quantitative estimate of drug-likeness (QED) is 0.162. The molecule has 62 heavy (non-hydrogen) atoms. The second-order valence-corrected chi connectivity index (χ2v) is 15.6. The number of fused-ring (bicyclic) bond motifs is 6. The van der Waals surface area contributed by atoms with E-state index in [2.05, 4.69) is 197 Å². The SMILES string of the molecule is c1ccc(-c2ccc3c(c2)c2ccccc2n3-c2cc(-c3nc(-c4ccccc4)nc(-c4ccccc4)n3)cc(-n3c4ccccc4c4ccccc43)c2-c2ccccc2)cc1. The van der Waals surface area contributed by atoms with Crippen molar-refractivity contribution in [1.29, 1.82) is 0 Å². The van der Waals surface area contributed by atoms with Gasteiger partial charge in [0.2, 0.25) is 0 Å². The summed E-state index contributed by atoms with van der Waals surface area (Å²) in [5.74, 6) is 1.83. The number of hydrogen-bond donors (Lipinski definition) is 0. The lowest BCUT2D eigenvalue weighted by atomic mass is 9.97. The summed E-state index contributed by atoms with van der Waals surface area (Å²) in [7, 11) is 0. The first-order valence-electron chi connectivity index (χ1n) is 21.0. The molecule has 0 saturated heterocycles. The highest BCUT2D eigenvalue weighted by Gasteiger charge is 2.25. The van der Waals surface area contributed by atoms with E-state index in [4.69, 9.17) is 15.0 Å². The number of para-hydroxylation sites is 3. The third kappa shape index (κ3) is 5.90.